The van der Waals surface area contributed by atoms with Crippen molar-refractivity contribution in [2.45, 2.75) is 11.8 Å². The molecule has 0 aliphatic heterocycles. The molecule has 0 unspecified atom stereocenters. The van der Waals surface area contributed by atoms with Crippen LogP contribution in [0.15, 0.2) is 53.4 Å². The fourth-order valence-corrected chi connectivity index (χ4v) is 3.17. The first-order valence-electron chi connectivity index (χ1n) is 6.85. The van der Waals surface area contributed by atoms with Crippen LogP contribution in [0.1, 0.15) is 6.92 Å². The van der Waals surface area contributed by atoms with E-state index in [0.29, 0.717) is 23.8 Å². The van der Waals surface area contributed by atoms with Gasteiger partial charge in [0.2, 0.25) is 0 Å². The largest absolute Gasteiger partial charge is 0.497 e. The van der Waals surface area contributed by atoms with Gasteiger partial charge in [-0.2, -0.15) is 0 Å². The summed E-state index contributed by atoms with van der Waals surface area (Å²) in [6.07, 6.45) is 0. The number of rotatable bonds is 6. The van der Waals surface area contributed by atoms with E-state index in [1.165, 1.54) is 30.6 Å². The van der Waals surface area contributed by atoms with E-state index in [0.717, 1.165) is 0 Å². The van der Waals surface area contributed by atoms with Gasteiger partial charge in [0.05, 0.1) is 24.3 Å². The minimum Gasteiger partial charge on any atom is -0.497 e. The zero-order valence-corrected chi connectivity index (χ0v) is 13.6. The molecular weight excluding hydrogens is 302 g/mol. The van der Waals surface area contributed by atoms with Crippen molar-refractivity contribution in [2.75, 3.05) is 25.1 Å². The van der Waals surface area contributed by atoms with Crippen LogP contribution in [0.4, 0.5) is 5.69 Å². The smallest absolute Gasteiger partial charge is 0.264 e. The van der Waals surface area contributed by atoms with Crippen molar-refractivity contribution >= 4 is 15.7 Å². The molecule has 0 heterocycles. The van der Waals surface area contributed by atoms with Gasteiger partial charge in [-0.15, -0.1) is 0 Å². The molecule has 118 valence electrons. The Labute approximate surface area is 131 Å². The van der Waals surface area contributed by atoms with Crippen LogP contribution < -0.4 is 13.8 Å². The fraction of sp³-hybridized carbons (Fsp3) is 0.250. The second kappa shape index (κ2) is 6.70. The Bertz CT molecular complexity index is 726. The lowest BCUT2D eigenvalue weighted by atomic mass is 10.3. The number of methoxy groups -OCH3 is 1. The summed E-state index contributed by atoms with van der Waals surface area (Å²) in [5, 5.41) is 0. The molecule has 2 aromatic carbocycles. The van der Waals surface area contributed by atoms with Crippen LogP contribution in [0.3, 0.4) is 0 Å². The quantitative estimate of drug-likeness (QED) is 0.821. The van der Waals surface area contributed by atoms with Gasteiger partial charge in [0, 0.05) is 13.1 Å². The lowest BCUT2D eigenvalue weighted by Gasteiger charge is -2.20. The predicted octanol–water partition coefficient (Wildman–Crippen LogP) is 2.92. The van der Waals surface area contributed by atoms with E-state index in [4.69, 9.17) is 9.47 Å². The highest BCUT2D eigenvalue weighted by Gasteiger charge is 2.21. The average Bonchev–Trinajstić information content (AvgIpc) is 2.54. The van der Waals surface area contributed by atoms with Crippen molar-refractivity contribution in [3.05, 3.63) is 48.5 Å². The zero-order valence-electron chi connectivity index (χ0n) is 12.8. The molecule has 5 nitrogen and oxygen atoms in total. The van der Waals surface area contributed by atoms with Gasteiger partial charge in [-0.25, -0.2) is 8.42 Å². The third-order valence-electron chi connectivity index (χ3n) is 3.21. The molecular formula is C16H19NO4S. The van der Waals surface area contributed by atoms with Gasteiger partial charge in [-0.05, 0) is 43.3 Å². The Morgan fingerprint density at radius 2 is 1.73 bits per heavy atom. The molecule has 0 N–H and O–H groups in total. The highest BCUT2D eigenvalue weighted by molar-refractivity contribution is 7.92. The topological polar surface area (TPSA) is 55.8 Å². The standard InChI is InChI=1S/C16H19NO4S/c1-4-21-15-7-5-6-13(12-15)17(2)22(18,19)16-10-8-14(20-3)9-11-16/h5-12H,4H2,1-3H3. The van der Waals surface area contributed by atoms with E-state index in [-0.39, 0.29) is 4.90 Å². The summed E-state index contributed by atoms with van der Waals surface area (Å²) in [6, 6.07) is 13.3. The number of sulfonamides is 1. The van der Waals surface area contributed by atoms with E-state index < -0.39 is 10.0 Å². The maximum absolute atomic E-state index is 12.6. The van der Waals surface area contributed by atoms with Crippen LogP contribution in [0, 0.1) is 0 Å². The monoisotopic (exact) mass is 321 g/mol. The number of ether oxygens (including phenoxy) is 2. The summed E-state index contributed by atoms with van der Waals surface area (Å²) in [5.74, 6) is 1.25. The molecule has 6 heteroatoms. The first-order valence-corrected chi connectivity index (χ1v) is 8.29. The summed E-state index contributed by atoms with van der Waals surface area (Å²) in [5.41, 5.74) is 0.543. The molecule has 0 aromatic heterocycles. The molecule has 0 aliphatic rings. The highest BCUT2D eigenvalue weighted by atomic mass is 32.2. The summed E-state index contributed by atoms with van der Waals surface area (Å²) < 4.78 is 37.0. The van der Waals surface area contributed by atoms with Gasteiger partial charge < -0.3 is 9.47 Å². The molecule has 0 saturated heterocycles. The van der Waals surface area contributed by atoms with Crippen LogP contribution in [0.2, 0.25) is 0 Å². The molecule has 0 atom stereocenters. The number of hydrogen-bond donors (Lipinski definition) is 0. The highest BCUT2D eigenvalue weighted by Crippen LogP contribution is 2.26. The third-order valence-corrected chi connectivity index (χ3v) is 5.01. The van der Waals surface area contributed by atoms with Crippen molar-refractivity contribution in [1.82, 2.24) is 0 Å². The van der Waals surface area contributed by atoms with Gasteiger partial charge in [0.15, 0.2) is 0 Å². The van der Waals surface area contributed by atoms with Crippen LogP contribution in [-0.4, -0.2) is 29.2 Å². The molecule has 2 aromatic rings. The predicted molar refractivity (Wildman–Crippen MR) is 86.2 cm³/mol. The summed E-state index contributed by atoms with van der Waals surface area (Å²) in [4.78, 5) is 0.206. The first kappa shape index (κ1) is 16.2. The second-order valence-corrected chi connectivity index (χ2v) is 6.55. The number of anilines is 1. The zero-order chi connectivity index (χ0) is 16.2. The lowest BCUT2D eigenvalue weighted by molar-refractivity contribution is 0.340. The van der Waals surface area contributed by atoms with Crippen molar-refractivity contribution in [3.8, 4) is 11.5 Å². The molecule has 0 amide bonds. The van der Waals surface area contributed by atoms with Gasteiger partial charge in [-0.3, -0.25) is 4.31 Å². The Morgan fingerprint density at radius 3 is 2.32 bits per heavy atom. The van der Waals surface area contributed by atoms with Crippen molar-refractivity contribution < 1.29 is 17.9 Å². The Kier molecular flexibility index (Phi) is 4.92. The fourth-order valence-electron chi connectivity index (χ4n) is 1.98. The summed E-state index contributed by atoms with van der Waals surface area (Å²) >= 11 is 0. The SMILES string of the molecule is CCOc1cccc(N(C)S(=O)(=O)c2ccc(OC)cc2)c1. The minimum absolute atomic E-state index is 0.206. The van der Waals surface area contributed by atoms with E-state index in [1.54, 1.807) is 36.4 Å². The van der Waals surface area contributed by atoms with Gasteiger partial charge in [0.25, 0.3) is 10.0 Å². The van der Waals surface area contributed by atoms with Crippen molar-refractivity contribution in [1.29, 1.82) is 0 Å². The minimum atomic E-state index is -3.63. The molecule has 0 saturated carbocycles. The van der Waals surface area contributed by atoms with Crippen LogP contribution in [0.25, 0.3) is 0 Å². The number of benzene rings is 2. The van der Waals surface area contributed by atoms with E-state index in [9.17, 15) is 8.42 Å². The normalized spacial score (nSPS) is 11.0. The van der Waals surface area contributed by atoms with Crippen molar-refractivity contribution in [2.24, 2.45) is 0 Å². The molecule has 0 radical (unpaired) electrons. The average molecular weight is 321 g/mol. The lowest BCUT2D eigenvalue weighted by Crippen LogP contribution is -2.26. The van der Waals surface area contributed by atoms with Crippen LogP contribution >= 0.6 is 0 Å². The van der Waals surface area contributed by atoms with E-state index in [2.05, 4.69) is 0 Å². The number of hydrogen-bond acceptors (Lipinski definition) is 4. The van der Waals surface area contributed by atoms with Gasteiger partial charge >= 0.3 is 0 Å². The second-order valence-electron chi connectivity index (χ2n) is 4.58. The molecule has 0 bridgehead atoms. The summed E-state index contributed by atoms with van der Waals surface area (Å²) in [7, 11) is -0.571. The van der Waals surface area contributed by atoms with Gasteiger partial charge in [-0.1, -0.05) is 6.07 Å². The molecule has 22 heavy (non-hydrogen) atoms. The molecule has 0 aliphatic carbocycles. The van der Waals surface area contributed by atoms with Crippen molar-refractivity contribution in [3.63, 3.8) is 0 Å². The van der Waals surface area contributed by atoms with E-state index >= 15 is 0 Å². The van der Waals surface area contributed by atoms with Crippen LogP contribution in [0.5, 0.6) is 11.5 Å². The Balaban J connectivity index is 2.33. The van der Waals surface area contributed by atoms with Crippen LogP contribution in [-0.2, 0) is 10.0 Å². The maximum atomic E-state index is 12.6. The Hall–Kier alpha value is -2.21. The third kappa shape index (κ3) is 3.33. The maximum Gasteiger partial charge on any atom is 0.264 e. The van der Waals surface area contributed by atoms with Gasteiger partial charge in [0.1, 0.15) is 11.5 Å². The molecule has 0 fully saturated rings. The first-order chi connectivity index (χ1) is 10.5. The summed E-state index contributed by atoms with van der Waals surface area (Å²) in [6.45, 7) is 2.41. The Morgan fingerprint density at radius 1 is 1.05 bits per heavy atom. The molecule has 0 spiro atoms. The van der Waals surface area contributed by atoms with E-state index in [1.807, 2.05) is 6.92 Å². The number of nitrogens with zero attached hydrogens (tertiary/aromatic N) is 1. The molecule has 2 rings (SSSR count).